The van der Waals surface area contributed by atoms with Gasteiger partial charge in [-0.3, -0.25) is 4.79 Å². The second-order valence-corrected chi connectivity index (χ2v) is 4.46. The smallest absolute Gasteiger partial charge is 0.270 e. The first-order valence-corrected chi connectivity index (χ1v) is 5.39. The first kappa shape index (κ1) is 12.1. The molecule has 1 aromatic heterocycles. The summed E-state index contributed by atoms with van der Waals surface area (Å²) in [5.41, 5.74) is -2.50. The summed E-state index contributed by atoms with van der Waals surface area (Å²) in [5, 5.41) is 4.03. The van der Waals surface area contributed by atoms with Gasteiger partial charge in [0.25, 0.3) is 6.43 Å². The third kappa shape index (κ3) is 2.33. The first-order chi connectivity index (χ1) is 6.75. The Morgan fingerprint density at radius 2 is 2.00 bits per heavy atom. The Morgan fingerprint density at radius 3 is 2.40 bits per heavy atom. The summed E-state index contributed by atoms with van der Waals surface area (Å²) in [4.78, 5) is 12.3. The Labute approximate surface area is 87.9 Å². The average molecular weight is 259 g/mol. The Hall–Kier alpha value is -0.990. The van der Waals surface area contributed by atoms with Crippen LogP contribution in [0.3, 0.4) is 0 Å². The fourth-order valence-electron chi connectivity index (χ4n) is 0.911. The van der Waals surface area contributed by atoms with Crippen molar-refractivity contribution in [3.05, 3.63) is 27.1 Å². The molecule has 0 atom stereocenters. The Bertz CT molecular complexity index is 540. The van der Waals surface area contributed by atoms with Gasteiger partial charge in [0.15, 0.2) is 0 Å². The van der Waals surface area contributed by atoms with Crippen molar-refractivity contribution in [3.63, 3.8) is 0 Å². The maximum absolute atomic E-state index is 12.3. The Morgan fingerprint density at radius 1 is 1.47 bits per heavy atom. The van der Waals surface area contributed by atoms with Crippen LogP contribution in [0.4, 0.5) is 8.78 Å². The second-order valence-electron chi connectivity index (χ2n) is 2.56. The predicted molar refractivity (Wildman–Crippen MR) is 48.4 cm³/mol. The van der Waals surface area contributed by atoms with Gasteiger partial charge in [0.1, 0.15) is 15.6 Å². The van der Waals surface area contributed by atoms with E-state index in [9.17, 15) is 22.0 Å². The third-order valence-electron chi connectivity index (χ3n) is 1.56. The van der Waals surface area contributed by atoms with Crippen LogP contribution in [-0.2, 0) is 10.0 Å². The lowest BCUT2D eigenvalue weighted by molar-refractivity contribution is 0.149. The molecular weight excluding hydrogens is 254 g/mol. The SMILES string of the molecule is NS(=O)(=O)c1c[nH]c(Cl)c(C(F)F)c1=O. The zero-order valence-electron chi connectivity index (χ0n) is 7.00. The minimum atomic E-state index is -4.34. The van der Waals surface area contributed by atoms with Gasteiger partial charge in [-0.1, -0.05) is 11.6 Å². The fourth-order valence-corrected chi connectivity index (χ4v) is 1.73. The van der Waals surface area contributed by atoms with Crippen molar-refractivity contribution in [2.75, 3.05) is 0 Å². The number of alkyl halides is 2. The van der Waals surface area contributed by atoms with Gasteiger partial charge in [-0.05, 0) is 0 Å². The van der Waals surface area contributed by atoms with Crippen LogP contribution >= 0.6 is 11.6 Å². The van der Waals surface area contributed by atoms with Crippen LogP contribution in [0.1, 0.15) is 12.0 Å². The fraction of sp³-hybridized carbons (Fsp3) is 0.167. The molecule has 9 heteroatoms. The number of aromatic nitrogens is 1. The summed E-state index contributed by atoms with van der Waals surface area (Å²) >= 11 is 5.28. The van der Waals surface area contributed by atoms with E-state index in [2.05, 4.69) is 5.14 Å². The van der Waals surface area contributed by atoms with E-state index in [1.54, 1.807) is 0 Å². The summed E-state index contributed by atoms with van der Waals surface area (Å²) in [6, 6.07) is 0. The van der Waals surface area contributed by atoms with E-state index in [0.29, 0.717) is 6.20 Å². The van der Waals surface area contributed by atoms with Crippen LogP contribution in [0, 0.1) is 0 Å². The van der Waals surface area contributed by atoms with Crippen molar-refractivity contribution >= 4 is 21.6 Å². The molecule has 0 bridgehead atoms. The summed E-state index contributed by atoms with van der Waals surface area (Å²) in [6.45, 7) is 0. The molecule has 0 aliphatic rings. The van der Waals surface area contributed by atoms with Crippen molar-refractivity contribution in [1.29, 1.82) is 0 Å². The number of pyridine rings is 1. The number of rotatable bonds is 2. The van der Waals surface area contributed by atoms with Crippen LogP contribution in [0.2, 0.25) is 5.15 Å². The largest absolute Gasteiger partial charge is 0.350 e. The molecule has 0 fully saturated rings. The zero-order chi connectivity index (χ0) is 11.8. The zero-order valence-corrected chi connectivity index (χ0v) is 8.57. The number of hydrogen-bond donors (Lipinski definition) is 2. The maximum Gasteiger partial charge on any atom is 0.270 e. The highest BCUT2D eigenvalue weighted by Gasteiger charge is 2.23. The van der Waals surface area contributed by atoms with Gasteiger partial charge in [0, 0.05) is 6.20 Å². The van der Waals surface area contributed by atoms with Crippen LogP contribution in [0.15, 0.2) is 15.9 Å². The molecule has 0 saturated heterocycles. The van der Waals surface area contributed by atoms with Gasteiger partial charge in [-0.2, -0.15) is 0 Å². The first-order valence-electron chi connectivity index (χ1n) is 3.47. The molecule has 0 aromatic carbocycles. The molecule has 0 aliphatic heterocycles. The number of primary sulfonamides is 1. The van der Waals surface area contributed by atoms with Gasteiger partial charge >= 0.3 is 0 Å². The molecule has 0 amide bonds. The number of halogens is 3. The normalized spacial score (nSPS) is 12.1. The molecule has 5 nitrogen and oxygen atoms in total. The molecule has 1 aromatic rings. The summed E-state index contributed by atoms with van der Waals surface area (Å²) < 4.78 is 46.3. The van der Waals surface area contributed by atoms with Crippen molar-refractivity contribution in [2.24, 2.45) is 5.14 Å². The molecule has 84 valence electrons. The highest BCUT2D eigenvalue weighted by Crippen LogP contribution is 2.22. The summed E-state index contributed by atoms with van der Waals surface area (Å²) in [7, 11) is -4.34. The van der Waals surface area contributed by atoms with Crippen LogP contribution in [0.5, 0.6) is 0 Å². The molecule has 0 radical (unpaired) electrons. The third-order valence-corrected chi connectivity index (χ3v) is 2.79. The van der Waals surface area contributed by atoms with E-state index in [4.69, 9.17) is 11.6 Å². The van der Waals surface area contributed by atoms with E-state index in [-0.39, 0.29) is 0 Å². The van der Waals surface area contributed by atoms with Crippen molar-refractivity contribution in [3.8, 4) is 0 Å². The minimum Gasteiger partial charge on any atom is -0.350 e. The van der Waals surface area contributed by atoms with E-state index in [1.807, 2.05) is 4.98 Å². The molecule has 3 N–H and O–H groups in total. The summed E-state index contributed by atoms with van der Waals surface area (Å²) in [5.74, 6) is 0. The molecule has 15 heavy (non-hydrogen) atoms. The Balaban J connectivity index is 3.65. The highest BCUT2D eigenvalue weighted by atomic mass is 35.5. The van der Waals surface area contributed by atoms with Gasteiger partial charge in [-0.15, -0.1) is 0 Å². The predicted octanol–water partition coefficient (Wildman–Crippen LogP) is 0.613. The van der Waals surface area contributed by atoms with E-state index < -0.39 is 37.5 Å². The number of nitrogens with one attached hydrogen (secondary N) is 1. The number of hydrogen-bond acceptors (Lipinski definition) is 3. The van der Waals surface area contributed by atoms with Crippen molar-refractivity contribution < 1.29 is 17.2 Å². The molecule has 0 saturated carbocycles. The maximum atomic E-state index is 12.3. The minimum absolute atomic E-state index is 0.609. The second kappa shape index (κ2) is 3.87. The molecule has 0 unspecified atom stereocenters. The van der Waals surface area contributed by atoms with Gasteiger partial charge in [-0.25, -0.2) is 22.3 Å². The van der Waals surface area contributed by atoms with Gasteiger partial charge in [0.2, 0.25) is 15.5 Å². The lowest BCUT2D eigenvalue weighted by atomic mass is 10.3. The molecule has 1 heterocycles. The van der Waals surface area contributed by atoms with E-state index in [1.165, 1.54) is 0 Å². The van der Waals surface area contributed by atoms with Gasteiger partial charge < -0.3 is 4.98 Å². The van der Waals surface area contributed by atoms with Crippen molar-refractivity contribution in [2.45, 2.75) is 11.3 Å². The number of nitrogens with two attached hydrogens (primary N) is 1. The molecule has 1 rings (SSSR count). The molecule has 0 spiro atoms. The van der Waals surface area contributed by atoms with Gasteiger partial charge in [0.05, 0.1) is 0 Å². The number of H-pyrrole nitrogens is 1. The van der Waals surface area contributed by atoms with Crippen LogP contribution in [-0.4, -0.2) is 13.4 Å². The monoisotopic (exact) mass is 258 g/mol. The van der Waals surface area contributed by atoms with E-state index >= 15 is 0 Å². The quantitative estimate of drug-likeness (QED) is 0.761. The number of sulfonamides is 1. The van der Waals surface area contributed by atoms with Crippen molar-refractivity contribution in [1.82, 2.24) is 4.98 Å². The van der Waals surface area contributed by atoms with E-state index in [0.717, 1.165) is 0 Å². The van der Waals surface area contributed by atoms with Crippen LogP contribution in [0.25, 0.3) is 0 Å². The lowest BCUT2D eigenvalue weighted by Gasteiger charge is -2.04. The highest BCUT2D eigenvalue weighted by molar-refractivity contribution is 7.89. The standard InChI is InChI=1S/C6H5ClF2N2O3S/c7-5-3(6(8)9)4(12)2(1-11-5)15(10,13)14/h1,6H,(H,11,12)(H2,10,13,14). The number of aromatic amines is 1. The molecular formula is C6H5ClF2N2O3S. The summed E-state index contributed by atoms with van der Waals surface area (Å²) in [6.07, 6.45) is -2.51. The molecule has 0 aliphatic carbocycles. The van der Waals surface area contributed by atoms with Crippen LogP contribution < -0.4 is 10.6 Å². The Kier molecular flexibility index (Phi) is 3.12. The topological polar surface area (TPSA) is 93.0 Å². The lowest BCUT2D eigenvalue weighted by Crippen LogP contribution is -2.24. The average Bonchev–Trinajstić information content (AvgIpc) is 2.00.